The Labute approximate surface area is 193 Å². The number of nitrogens with zero attached hydrogens (tertiary/aromatic N) is 3. The summed E-state index contributed by atoms with van der Waals surface area (Å²) in [5.41, 5.74) is -0.614. The number of aromatic nitrogens is 1. The summed E-state index contributed by atoms with van der Waals surface area (Å²) in [4.78, 5) is 21.6. The van der Waals surface area contributed by atoms with Crippen LogP contribution in [0.15, 0.2) is 30.5 Å². The van der Waals surface area contributed by atoms with Crippen molar-refractivity contribution in [3.05, 3.63) is 36.0 Å². The fraction of sp³-hybridized carbons (Fsp3) is 0.600. The van der Waals surface area contributed by atoms with Crippen LogP contribution in [0, 0.1) is 5.92 Å². The Balaban J connectivity index is 1.56. The molecular formula is C25H33F3N4O. The molecule has 1 aromatic carbocycles. The molecule has 0 radical (unpaired) electrons. The monoisotopic (exact) mass is 462 g/mol. The van der Waals surface area contributed by atoms with E-state index in [9.17, 15) is 18.0 Å². The van der Waals surface area contributed by atoms with E-state index in [-0.39, 0.29) is 23.4 Å². The number of anilines is 1. The maximum Gasteiger partial charge on any atom is 0.418 e. The number of amides is 1. The smallest absolute Gasteiger partial charge is 0.369 e. The number of carbonyl (C=O) groups excluding carboxylic acids is 1. The standard InChI is InChI=1S/C25H33F3N4O/c1-17-14-18(30-23(33)24(2,3)32-12-5-4-6-13-32)16-31(15-17)21-10-9-20(25(26,27)28)22-19(21)8-7-11-29-22/h7-11,17-18H,4-6,12-16H2,1-3H3,(H,30,33). The Kier molecular flexibility index (Phi) is 6.58. The van der Waals surface area contributed by atoms with Crippen molar-refractivity contribution < 1.29 is 18.0 Å². The SMILES string of the molecule is CC1CC(NC(=O)C(C)(C)N2CCCCC2)CN(c2ccc(C(F)(F)F)c3ncccc23)C1. The molecule has 0 aliphatic carbocycles. The number of piperidine rings is 2. The molecule has 2 aromatic rings. The molecule has 0 bridgehead atoms. The molecule has 2 atom stereocenters. The van der Waals surface area contributed by atoms with Gasteiger partial charge in [0.25, 0.3) is 0 Å². The van der Waals surface area contributed by atoms with Crippen molar-refractivity contribution in [3.63, 3.8) is 0 Å². The van der Waals surface area contributed by atoms with Crippen LogP contribution < -0.4 is 10.2 Å². The second kappa shape index (κ2) is 9.12. The lowest BCUT2D eigenvalue weighted by Gasteiger charge is -2.43. The Morgan fingerprint density at radius 3 is 2.52 bits per heavy atom. The van der Waals surface area contributed by atoms with E-state index in [0.717, 1.165) is 50.7 Å². The van der Waals surface area contributed by atoms with Crippen molar-refractivity contribution in [1.29, 1.82) is 0 Å². The summed E-state index contributed by atoms with van der Waals surface area (Å²) in [7, 11) is 0. The van der Waals surface area contributed by atoms with Crippen LogP contribution >= 0.6 is 0 Å². The Morgan fingerprint density at radius 1 is 1.09 bits per heavy atom. The summed E-state index contributed by atoms with van der Waals surface area (Å²) >= 11 is 0. The number of hydrogen-bond donors (Lipinski definition) is 1. The normalized spacial score (nSPS) is 23.0. The highest BCUT2D eigenvalue weighted by Crippen LogP contribution is 2.38. The van der Waals surface area contributed by atoms with Crippen LogP contribution in [-0.4, -0.2) is 53.6 Å². The van der Waals surface area contributed by atoms with Gasteiger partial charge < -0.3 is 10.2 Å². The first-order chi connectivity index (χ1) is 15.6. The number of carbonyl (C=O) groups is 1. The third-order valence-corrected chi connectivity index (χ3v) is 7.09. The summed E-state index contributed by atoms with van der Waals surface area (Å²) in [6, 6.07) is 5.96. The zero-order valence-corrected chi connectivity index (χ0v) is 19.6. The molecule has 2 aliphatic heterocycles. The molecule has 180 valence electrons. The first-order valence-corrected chi connectivity index (χ1v) is 11.8. The quantitative estimate of drug-likeness (QED) is 0.706. The number of fused-ring (bicyclic) bond motifs is 1. The van der Waals surface area contributed by atoms with Crippen molar-refractivity contribution in [1.82, 2.24) is 15.2 Å². The summed E-state index contributed by atoms with van der Waals surface area (Å²) in [6.45, 7) is 9.21. The fourth-order valence-electron chi connectivity index (χ4n) is 5.27. The number of nitrogens with one attached hydrogen (secondary N) is 1. The lowest BCUT2D eigenvalue weighted by molar-refractivity contribution is -0.136. The van der Waals surface area contributed by atoms with Gasteiger partial charge in [0.15, 0.2) is 0 Å². The molecule has 1 N–H and O–H groups in total. The van der Waals surface area contributed by atoms with E-state index in [1.54, 1.807) is 18.2 Å². The number of halogens is 3. The van der Waals surface area contributed by atoms with Crippen LogP contribution in [0.2, 0.25) is 0 Å². The van der Waals surface area contributed by atoms with Gasteiger partial charge in [-0.05, 0) is 76.4 Å². The first-order valence-electron chi connectivity index (χ1n) is 11.8. The van der Waals surface area contributed by atoms with E-state index in [1.807, 2.05) is 13.8 Å². The summed E-state index contributed by atoms with van der Waals surface area (Å²) in [5, 5.41) is 3.74. The molecule has 8 heteroatoms. The van der Waals surface area contributed by atoms with Gasteiger partial charge in [0.05, 0.1) is 16.6 Å². The second-order valence-electron chi connectivity index (χ2n) is 10.1. The van der Waals surface area contributed by atoms with E-state index in [0.29, 0.717) is 11.9 Å². The van der Waals surface area contributed by atoms with E-state index >= 15 is 0 Å². The van der Waals surface area contributed by atoms with Crippen LogP contribution in [0.3, 0.4) is 0 Å². The number of benzene rings is 1. The minimum Gasteiger partial charge on any atom is -0.369 e. The third-order valence-electron chi connectivity index (χ3n) is 7.09. The predicted octanol–water partition coefficient (Wildman–Crippen LogP) is 4.85. The minimum absolute atomic E-state index is 0.0161. The lowest BCUT2D eigenvalue weighted by Crippen LogP contribution is -2.60. The zero-order chi connectivity index (χ0) is 23.8. The Bertz CT molecular complexity index is 1000. The molecule has 1 amide bonds. The predicted molar refractivity (Wildman–Crippen MR) is 124 cm³/mol. The minimum atomic E-state index is -4.46. The lowest BCUT2D eigenvalue weighted by atomic mass is 9.92. The highest BCUT2D eigenvalue weighted by Gasteiger charge is 2.38. The van der Waals surface area contributed by atoms with E-state index in [4.69, 9.17) is 0 Å². The van der Waals surface area contributed by atoms with Gasteiger partial charge in [-0.25, -0.2) is 0 Å². The molecular weight excluding hydrogens is 429 g/mol. The summed E-state index contributed by atoms with van der Waals surface area (Å²) in [6.07, 6.45) is 1.21. The van der Waals surface area contributed by atoms with Crippen molar-refractivity contribution in [2.75, 3.05) is 31.1 Å². The van der Waals surface area contributed by atoms with Gasteiger partial charge in [-0.2, -0.15) is 13.2 Å². The van der Waals surface area contributed by atoms with Gasteiger partial charge in [-0.15, -0.1) is 0 Å². The third kappa shape index (κ3) is 4.95. The molecule has 5 nitrogen and oxygen atoms in total. The molecule has 4 rings (SSSR count). The molecule has 3 heterocycles. The Hall–Kier alpha value is -2.35. The molecule has 0 saturated carbocycles. The number of hydrogen-bond acceptors (Lipinski definition) is 4. The van der Waals surface area contributed by atoms with Crippen LogP contribution in [0.25, 0.3) is 10.9 Å². The van der Waals surface area contributed by atoms with Gasteiger partial charge in [-0.3, -0.25) is 14.7 Å². The van der Waals surface area contributed by atoms with E-state index in [1.165, 1.54) is 12.6 Å². The van der Waals surface area contributed by atoms with Gasteiger partial charge in [0, 0.05) is 36.4 Å². The van der Waals surface area contributed by atoms with Gasteiger partial charge in [0.2, 0.25) is 5.91 Å². The van der Waals surface area contributed by atoms with E-state index in [2.05, 4.69) is 27.0 Å². The molecule has 1 aromatic heterocycles. The highest BCUT2D eigenvalue weighted by atomic mass is 19.4. The maximum absolute atomic E-state index is 13.5. The topological polar surface area (TPSA) is 48.5 Å². The van der Waals surface area contributed by atoms with Gasteiger partial charge in [-0.1, -0.05) is 13.3 Å². The first kappa shape index (κ1) is 23.8. The van der Waals surface area contributed by atoms with Crippen molar-refractivity contribution >= 4 is 22.5 Å². The average Bonchev–Trinajstić information content (AvgIpc) is 2.77. The number of pyridine rings is 1. The number of likely N-dealkylation sites (tertiary alicyclic amines) is 1. The van der Waals surface area contributed by atoms with Gasteiger partial charge in [0.1, 0.15) is 0 Å². The highest BCUT2D eigenvalue weighted by molar-refractivity contribution is 5.94. The average molecular weight is 463 g/mol. The van der Waals surface area contributed by atoms with Crippen LogP contribution in [0.4, 0.5) is 18.9 Å². The summed E-state index contributed by atoms with van der Waals surface area (Å²) in [5.74, 6) is 0.304. The van der Waals surface area contributed by atoms with Crippen LogP contribution in [0.1, 0.15) is 52.0 Å². The maximum atomic E-state index is 13.5. The van der Waals surface area contributed by atoms with Crippen molar-refractivity contribution in [3.8, 4) is 0 Å². The van der Waals surface area contributed by atoms with Crippen molar-refractivity contribution in [2.24, 2.45) is 5.92 Å². The van der Waals surface area contributed by atoms with E-state index < -0.39 is 17.3 Å². The molecule has 2 fully saturated rings. The largest absolute Gasteiger partial charge is 0.418 e. The molecule has 0 spiro atoms. The van der Waals surface area contributed by atoms with Crippen LogP contribution in [-0.2, 0) is 11.0 Å². The van der Waals surface area contributed by atoms with Crippen molar-refractivity contribution in [2.45, 2.75) is 64.2 Å². The molecule has 33 heavy (non-hydrogen) atoms. The number of alkyl halides is 3. The fourth-order valence-corrected chi connectivity index (χ4v) is 5.27. The molecule has 2 aliphatic rings. The molecule has 2 saturated heterocycles. The van der Waals surface area contributed by atoms with Gasteiger partial charge >= 0.3 is 6.18 Å². The second-order valence-corrected chi connectivity index (χ2v) is 10.1. The Morgan fingerprint density at radius 2 is 1.82 bits per heavy atom. The molecule has 2 unspecified atom stereocenters. The summed E-state index contributed by atoms with van der Waals surface area (Å²) < 4.78 is 40.6. The number of rotatable bonds is 4. The van der Waals surface area contributed by atoms with Crippen LogP contribution in [0.5, 0.6) is 0 Å². The zero-order valence-electron chi connectivity index (χ0n) is 19.6.